The van der Waals surface area contributed by atoms with E-state index in [1.54, 1.807) is 14.0 Å². The lowest BCUT2D eigenvalue weighted by Crippen LogP contribution is -2.25. The minimum Gasteiger partial charge on any atom is -0.503 e. The molecule has 0 saturated heterocycles. The molecule has 1 N–H and O–H groups in total. The third kappa shape index (κ3) is 1.97. The fraction of sp³-hybridized carbons (Fsp3) is 0.167. The fourth-order valence-electron chi connectivity index (χ4n) is 1.54. The van der Waals surface area contributed by atoms with E-state index in [4.69, 9.17) is 5.11 Å². The Balaban J connectivity index is 2.44. The Kier molecular flexibility index (Phi) is 2.86. The predicted octanol–water partition coefficient (Wildman–Crippen LogP) is 1.90. The molecule has 1 amide bonds. The number of aliphatic imine (C=N–C) groups is 1. The summed E-state index contributed by atoms with van der Waals surface area (Å²) in [5.74, 6) is -3.04. The molecule has 2 rings (SSSR count). The van der Waals surface area contributed by atoms with E-state index in [1.165, 1.54) is 11.0 Å². The summed E-state index contributed by atoms with van der Waals surface area (Å²) < 4.78 is 26.2. The number of phenols is 1. The third-order valence-corrected chi connectivity index (χ3v) is 2.63. The van der Waals surface area contributed by atoms with Crippen molar-refractivity contribution in [2.24, 2.45) is 4.99 Å². The zero-order valence-corrected chi connectivity index (χ0v) is 9.74. The molecule has 0 aliphatic carbocycles. The first kappa shape index (κ1) is 12.2. The minimum absolute atomic E-state index is 0.0967. The summed E-state index contributed by atoms with van der Waals surface area (Å²) in [4.78, 5) is 17.0. The number of aromatic hydroxyl groups is 1. The Bertz CT molecular complexity index is 571. The lowest BCUT2D eigenvalue weighted by atomic mass is 10.1. The van der Waals surface area contributed by atoms with Crippen LogP contribution in [0, 0.1) is 11.6 Å². The highest BCUT2D eigenvalue weighted by molar-refractivity contribution is 6.13. The summed E-state index contributed by atoms with van der Waals surface area (Å²) in [5.41, 5.74) is 0.220. The summed E-state index contributed by atoms with van der Waals surface area (Å²) in [6.07, 6.45) is 1.26. The zero-order chi connectivity index (χ0) is 13.4. The lowest BCUT2D eigenvalue weighted by Gasteiger charge is -2.06. The van der Waals surface area contributed by atoms with Crippen molar-refractivity contribution in [2.75, 3.05) is 7.05 Å². The van der Waals surface area contributed by atoms with Gasteiger partial charge in [0.15, 0.2) is 17.4 Å². The van der Waals surface area contributed by atoms with E-state index in [0.717, 1.165) is 12.1 Å². The molecule has 0 saturated carbocycles. The van der Waals surface area contributed by atoms with Gasteiger partial charge in [0.25, 0.3) is 5.91 Å². The number of phenolic OH excluding ortho intramolecular Hbond substituents is 1. The van der Waals surface area contributed by atoms with Crippen LogP contribution in [0.4, 0.5) is 8.78 Å². The van der Waals surface area contributed by atoms with Crippen LogP contribution in [-0.2, 0) is 4.79 Å². The summed E-state index contributed by atoms with van der Waals surface area (Å²) in [6, 6.07) is 1.86. The molecule has 1 aliphatic heterocycles. The van der Waals surface area contributed by atoms with E-state index >= 15 is 0 Å². The van der Waals surface area contributed by atoms with Gasteiger partial charge < -0.3 is 5.11 Å². The van der Waals surface area contributed by atoms with Crippen LogP contribution in [-0.4, -0.2) is 28.8 Å². The van der Waals surface area contributed by atoms with Gasteiger partial charge in [-0.15, -0.1) is 0 Å². The van der Waals surface area contributed by atoms with Gasteiger partial charge in [-0.25, -0.2) is 13.8 Å². The number of carbonyl (C=O) groups excluding carboxylic acids is 1. The maximum absolute atomic E-state index is 13.1. The Morgan fingerprint density at radius 1 is 1.33 bits per heavy atom. The Morgan fingerprint density at radius 3 is 2.33 bits per heavy atom. The van der Waals surface area contributed by atoms with E-state index in [1.807, 2.05) is 0 Å². The average molecular weight is 252 g/mol. The van der Waals surface area contributed by atoms with Crippen molar-refractivity contribution < 1.29 is 18.7 Å². The quantitative estimate of drug-likeness (QED) is 0.776. The van der Waals surface area contributed by atoms with Crippen LogP contribution in [0.2, 0.25) is 0 Å². The summed E-state index contributed by atoms with van der Waals surface area (Å²) in [6.45, 7) is 1.65. The highest BCUT2D eigenvalue weighted by Crippen LogP contribution is 2.24. The number of benzene rings is 1. The normalized spacial score (nSPS) is 17.6. The summed E-state index contributed by atoms with van der Waals surface area (Å²) >= 11 is 0. The van der Waals surface area contributed by atoms with Gasteiger partial charge in [0.2, 0.25) is 0 Å². The molecule has 0 bridgehead atoms. The van der Waals surface area contributed by atoms with Crippen molar-refractivity contribution in [3.8, 4) is 5.75 Å². The van der Waals surface area contributed by atoms with Crippen LogP contribution in [0.15, 0.2) is 22.8 Å². The van der Waals surface area contributed by atoms with Crippen LogP contribution in [0.3, 0.4) is 0 Å². The molecule has 1 aromatic carbocycles. The van der Waals surface area contributed by atoms with Gasteiger partial charge in [-0.05, 0) is 30.7 Å². The molecule has 0 fully saturated rings. The second-order valence-corrected chi connectivity index (χ2v) is 3.89. The number of halogens is 2. The van der Waals surface area contributed by atoms with Gasteiger partial charge in [-0.3, -0.25) is 9.69 Å². The highest BCUT2D eigenvalue weighted by atomic mass is 19.1. The van der Waals surface area contributed by atoms with Crippen molar-refractivity contribution in [1.29, 1.82) is 0 Å². The molecular formula is C12H10F2N2O2. The monoisotopic (exact) mass is 252 g/mol. The van der Waals surface area contributed by atoms with Crippen molar-refractivity contribution in [1.82, 2.24) is 4.90 Å². The van der Waals surface area contributed by atoms with Crippen molar-refractivity contribution in [3.63, 3.8) is 0 Å². The van der Waals surface area contributed by atoms with Crippen LogP contribution >= 0.6 is 0 Å². The molecule has 94 valence electrons. The van der Waals surface area contributed by atoms with Gasteiger partial charge in [0.1, 0.15) is 11.5 Å². The third-order valence-electron chi connectivity index (χ3n) is 2.63. The maximum Gasteiger partial charge on any atom is 0.277 e. The Hall–Kier alpha value is -2.24. The molecule has 0 radical (unpaired) electrons. The molecule has 1 heterocycles. The molecule has 1 aliphatic rings. The SMILES string of the molecule is CC1=N/C(=C/c2cc(F)c(O)c(F)c2)C(=O)N1C. The van der Waals surface area contributed by atoms with E-state index in [9.17, 15) is 13.6 Å². The van der Waals surface area contributed by atoms with Gasteiger partial charge in [-0.2, -0.15) is 0 Å². The standard InChI is InChI=1S/C12H10F2N2O2/c1-6-15-10(12(18)16(6)2)5-7-3-8(13)11(17)9(14)4-7/h3-5,17H,1-2H3/b10-5+. The highest BCUT2D eigenvalue weighted by Gasteiger charge is 2.23. The van der Waals surface area contributed by atoms with E-state index in [0.29, 0.717) is 5.84 Å². The molecular weight excluding hydrogens is 242 g/mol. The van der Waals surface area contributed by atoms with Crippen LogP contribution in [0.1, 0.15) is 12.5 Å². The van der Waals surface area contributed by atoms with Gasteiger partial charge in [0.05, 0.1) is 0 Å². The molecule has 0 atom stereocenters. The maximum atomic E-state index is 13.1. The van der Waals surface area contributed by atoms with Gasteiger partial charge in [0, 0.05) is 7.05 Å². The smallest absolute Gasteiger partial charge is 0.277 e. The number of likely N-dealkylation sites (N-methyl/N-ethyl adjacent to an activating group) is 1. The second kappa shape index (κ2) is 4.21. The average Bonchev–Trinajstić information content (AvgIpc) is 2.54. The Labute approximate surface area is 102 Å². The van der Waals surface area contributed by atoms with Crippen molar-refractivity contribution in [2.45, 2.75) is 6.92 Å². The zero-order valence-electron chi connectivity index (χ0n) is 9.74. The number of hydrogen-bond acceptors (Lipinski definition) is 3. The number of amides is 1. The first-order valence-corrected chi connectivity index (χ1v) is 5.13. The molecule has 0 spiro atoms. The van der Waals surface area contributed by atoms with Crippen LogP contribution in [0.25, 0.3) is 6.08 Å². The van der Waals surface area contributed by atoms with Gasteiger partial charge in [-0.1, -0.05) is 0 Å². The molecule has 1 aromatic rings. The first-order valence-electron chi connectivity index (χ1n) is 5.13. The second-order valence-electron chi connectivity index (χ2n) is 3.89. The minimum atomic E-state index is -1.08. The fourth-order valence-corrected chi connectivity index (χ4v) is 1.54. The van der Waals surface area contributed by atoms with E-state index in [-0.39, 0.29) is 17.2 Å². The number of nitrogens with zero attached hydrogens (tertiary/aromatic N) is 2. The largest absolute Gasteiger partial charge is 0.503 e. The van der Waals surface area contributed by atoms with E-state index < -0.39 is 17.4 Å². The number of rotatable bonds is 1. The Morgan fingerprint density at radius 2 is 1.89 bits per heavy atom. The summed E-state index contributed by atoms with van der Waals surface area (Å²) in [7, 11) is 1.56. The summed E-state index contributed by atoms with van der Waals surface area (Å²) in [5, 5.41) is 8.95. The molecule has 0 aromatic heterocycles. The van der Waals surface area contributed by atoms with Crippen LogP contribution in [0.5, 0.6) is 5.75 Å². The number of hydrogen-bond donors (Lipinski definition) is 1. The topological polar surface area (TPSA) is 52.9 Å². The number of carbonyl (C=O) groups is 1. The van der Waals surface area contributed by atoms with Crippen molar-refractivity contribution in [3.05, 3.63) is 35.0 Å². The molecule has 6 heteroatoms. The van der Waals surface area contributed by atoms with Crippen LogP contribution < -0.4 is 0 Å². The number of amidine groups is 1. The van der Waals surface area contributed by atoms with Crippen molar-refractivity contribution >= 4 is 17.8 Å². The molecule has 4 nitrogen and oxygen atoms in total. The van der Waals surface area contributed by atoms with Gasteiger partial charge >= 0.3 is 0 Å². The molecule has 0 unspecified atom stereocenters. The first-order chi connectivity index (χ1) is 8.40. The lowest BCUT2D eigenvalue weighted by molar-refractivity contribution is -0.121. The van der Waals surface area contributed by atoms with E-state index in [2.05, 4.69) is 4.99 Å². The molecule has 18 heavy (non-hydrogen) atoms. The predicted molar refractivity (Wildman–Crippen MR) is 61.9 cm³/mol.